The van der Waals surface area contributed by atoms with E-state index in [9.17, 15) is 19.5 Å². The third-order valence-corrected chi connectivity index (χ3v) is 4.38. The van der Waals surface area contributed by atoms with Gasteiger partial charge in [-0.25, -0.2) is 0 Å². The molecule has 3 rings (SSSR count). The quantitative estimate of drug-likeness (QED) is 0.687. The summed E-state index contributed by atoms with van der Waals surface area (Å²) in [7, 11) is 3.20. The molecule has 1 aliphatic rings. The number of hydrogen-bond acceptors (Lipinski definition) is 7. The fraction of sp³-hybridized carbons (Fsp3) is 0.333. The minimum Gasteiger partial charge on any atom is -0.502 e. The van der Waals surface area contributed by atoms with Crippen LogP contribution in [0, 0.1) is 0 Å². The summed E-state index contributed by atoms with van der Waals surface area (Å²) in [6.07, 6.45) is 4.47. The number of carbonyl (C=O) groups excluding carboxylic acids is 2. The van der Waals surface area contributed by atoms with Crippen LogP contribution >= 0.6 is 0 Å². The summed E-state index contributed by atoms with van der Waals surface area (Å²) in [6.45, 7) is 1.02. The number of aromatic nitrogens is 2. The highest BCUT2D eigenvalue weighted by Crippen LogP contribution is 2.20. The van der Waals surface area contributed by atoms with Crippen LogP contribution in [0.1, 0.15) is 26.4 Å². The van der Waals surface area contributed by atoms with Crippen LogP contribution in [0.4, 0.5) is 0 Å². The Balaban J connectivity index is 1.89. The molecule has 2 amide bonds. The summed E-state index contributed by atoms with van der Waals surface area (Å²) >= 11 is 0. The summed E-state index contributed by atoms with van der Waals surface area (Å²) in [5.41, 5.74) is -0.571. The lowest BCUT2D eigenvalue weighted by Gasteiger charge is -2.37. The first-order chi connectivity index (χ1) is 13.4. The lowest BCUT2D eigenvalue weighted by atomic mass is 10.1. The molecule has 0 aliphatic carbocycles. The molecule has 2 aromatic rings. The van der Waals surface area contributed by atoms with Gasteiger partial charge in [-0.05, 0) is 11.6 Å². The standard InChI is InChI=1S/C18H21N5O5/c1-21-11-22(6-7-28-2)18(27)14-16(25)15(24)13(10-23(14)21)17(26)20-9-12-4-3-5-19-8-12/h3-5,8,10,25H,6-7,9,11H2,1-2H3,(H,20,26). The number of pyridine rings is 2. The number of hydrogen-bond donors (Lipinski definition) is 2. The molecule has 0 radical (unpaired) electrons. The molecule has 2 N–H and O–H groups in total. The maximum absolute atomic E-state index is 12.6. The maximum atomic E-state index is 12.6. The van der Waals surface area contributed by atoms with Crippen molar-refractivity contribution in [2.24, 2.45) is 0 Å². The summed E-state index contributed by atoms with van der Waals surface area (Å²) in [4.78, 5) is 43.1. The minimum atomic E-state index is -0.898. The summed E-state index contributed by atoms with van der Waals surface area (Å²) in [5.74, 6) is -1.91. The number of nitrogens with zero attached hydrogens (tertiary/aromatic N) is 4. The minimum absolute atomic E-state index is 0.175. The molecule has 0 saturated carbocycles. The lowest BCUT2D eigenvalue weighted by molar-refractivity contribution is 0.0629. The zero-order chi connectivity index (χ0) is 20.3. The monoisotopic (exact) mass is 387 g/mol. The van der Waals surface area contributed by atoms with Crippen LogP contribution < -0.4 is 15.8 Å². The van der Waals surface area contributed by atoms with E-state index in [1.54, 1.807) is 36.6 Å². The van der Waals surface area contributed by atoms with Crippen molar-refractivity contribution >= 4 is 11.8 Å². The molecule has 28 heavy (non-hydrogen) atoms. The van der Waals surface area contributed by atoms with Crippen molar-refractivity contribution in [3.8, 4) is 5.75 Å². The van der Waals surface area contributed by atoms with Crippen molar-refractivity contribution < 1.29 is 19.4 Å². The van der Waals surface area contributed by atoms with Crippen LogP contribution in [0.5, 0.6) is 5.75 Å². The summed E-state index contributed by atoms with van der Waals surface area (Å²) in [5, 5.41) is 14.6. The molecule has 0 unspecified atom stereocenters. The Hall–Kier alpha value is -3.40. The van der Waals surface area contributed by atoms with E-state index in [0.717, 1.165) is 5.56 Å². The Kier molecular flexibility index (Phi) is 5.59. The zero-order valence-corrected chi connectivity index (χ0v) is 15.6. The van der Waals surface area contributed by atoms with E-state index in [0.29, 0.717) is 13.2 Å². The van der Waals surface area contributed by atoms with E-state index >= 15 is 0 Å². The highest BCUT2D eigenvalue weighted by atomic mass is 16.5. The van der Waals surface area contributed by atoms with Gasteiger partial charge in [-0.1, -0.05) is 6.07 Å². The number of nitrogens with one attached hydrogen (secondary N) is 1. The van der Waals surface area contributed by atoms with Crippen molar-refractivity contribution in [2.75, 3.05) is 39.0 Å². The van der Waals surface area contributed by atoms with Crippen molar-refractivity contribution in [3.63, 3.8) is 0 Å². The Morgan fingerprint density at radius 2 is 2.18 bits per heavy atom. The molecule has 10 heteroatoms. The maximum Gasteiger partial charge on any atom is 0.277 e. The van der Waals surface area contributed by atoms with Gasteiger partial charge < -0.3 is 20.1 Å². The summed E-state index contributed by atoms with van der Waals surface area (Å²) in [6, 6.07) is 3.52. The van der Waals surface area contributed by atoms with Gasteiger partial charge in [0.15, 0.2) is 11.4 Å². The number of methoxy groups -OCH3 is 1. The van der Waals surface area contributed by atoms with E-state index < -0.39 is 23.0 Å². The SMILES string of the molecule is COCCN1CN(C)n2cc(C(=O)NCc3cccnc3)c(=O)c(O)c2C1=O. The van der Waals surface area contributed by atoms with Gasteiger partial charge in [0, 0.05) is 45.8 Å². The third-order valence-electron chi connectivity index (χ3n) is 4.38. The molecule has 0 spiro atoms. The second-order valence-electron chi connectivity index (χ2n) is 6.32. The van der Waals surface area contributed by atoms with Crippen LogP contribution in [0.3, 0.4) is 0 Å². The van der Waals surface area contributed by atoms with E-state index in [4.69, 9.17) is 4.74 Å². The first kappa shape index (κ1) is 19.4. The molecule has 3 heterocycles. The van der Waals surface area contributed by atoms with Gasteiger partial charge in [-0.15, -0.1) is 0 Å². The highest BCUT2D eigenvalue weighted by Gasteiger charge is 2.32. The van der Waals surface area contributed by atoms with Crippen molar-refractivity contribution in [1.82, 2.24) is 19.9 Å². The molecule has 0 atom stereocenters. The van der Waals surface area contributed by atoms with Crippen LogP contribution in [0.15, 0.2) is 35.5 Å². The molecular formula is C18H21N5O5. The average molecular weight is 387 g/mol. The second-order valence-corrected chi connectivity index (χ2v) is 6.32. The van der Waals surface area contributed by atoms with Crippen LogP contribution in [0.2, 0.25) is 0 Å². The predicted molar refractivity (Wildman–Crippen MR) is 99.7 cm³/mol. The number of fused-ring (bicyclic) bond motifs is 1. The Morgan fingerprint density at radius 1 is 1.39 bits per heavy atom. The van der Waals surface area contributed by atoms with Gasteiger partial charge >= 0.3 is 0 Å². The normalized spacial score (nSPS) is 13.4. The van der Waals surface area contributed by atoms with Gasteiger partial charge in [-0.3, -0.25) is 29.1 Å². The number of rotatable bonds is 6. The van der Waals surface area contributed by atoms with E-state index in [-0.39, 0.29) is 24.5 Å². The number of ether oxygens (including phenoxy) is 1. The number of aromatic hydroxyl groups is 1. The van der Waals surface area contributed by atoms with Gasteiger partial charge in [0.1, 0.15) is 12.2 Å². The second kappa shape index (κ2) is 8.09. The lowest BCUT2D eigenvalue weighted by Crippen LogP contribution is -2.53. The number of carbonyl (C=O) groups is 2. The van der Waals surface area contributed by atoms with Gasteiger partial charge in [-0.2, -0.15) is 0 Å². The van der Waals surface area contributed by atoms with Crippen molar-refractivity contribution in [3.05, 3.63) is 57.8 Å². The Bertz CT molecular complexity index is 943. The predicted octanol–water partition coefficient (Wildman–Crippen LogP) is -0.494. The number of amides is 2. The first-order valence-electron chi connectivity index (χ1n) is 8.59. The van der Waals surface area contributed by atoms with Crippen LogP contribution in [0.25, 0.3) is 0 Å². The van der Waals surface area contributed by atoms with Crippen LogP contribution in [-0.2, 0) is 11.3 Å². The molecule has 148 valence electrons. The fourth-order valence-corrected chi connectivity index (χ4v) is 2.90. The highest BCUT2D eigenvalue weighted by molar-refractivity contribution is 5.99. The molecule has 2 aromatic heterocycles. The average Bonchev–Trinajstić information content (AvgIpc) is 2.70. The van der Waals surface area contributed by atoms with Crippen molar-refractivity contribution in [1.29, 1.82) is 0 Å². The van der Waals surface area contributed by atoms with Gasteiger partial charge in [0.2, 0.25) is 5.43 Å². The Labute approximate surface area is 160 Å². The molecular weight excluding hydrogens is 366 g/mol. The van der Waals surface area contributed by atoms with E-state index in [1.165, 1.54) is 22.9 Å². The first-order valence-corrected chi connectivity index (χ1v) is 8.59. The molecule has 0 saturated heterocycles. The van der Waals surface area contributed by atoms with E-state index in [1.807, 2.05) is 0 Å². The van der Waals surface area contributed by atoms with E-state index in [2.05, 4.69) is 10.3 Å². The largest absolute Gasteiger partial charge is 0.502 e. The van der Waals surface area contributed by atoms with Crippen molar-refractivity contribution in [2.45, 2.75) is 6.54 Å². The fourth-order valence-electron chi connectivity index (χ4n) is 2.90. The van der Waals surface area contributed by atoms with Gasteiger partial charge in [0.25, 0.3) is 11.8 Å². The Morgan fingerprint density at radius 3 is 2.86 bits per heavy atom. The molecule has 0 aromatic carbocycles. The molecule has 1 aliphatic heterocycles. The summed E-state index contributed by atoms with van der Waals surface area (Å²) < 4.78 is 6.30. The zero-order valence-electron chi connectivity index (χ0n) is 15.6. The van der Waals surface area contributed by atoms with Gasteiger partial charge in [0.05, 0.1) is 6.61 Å². The molecule has 0 fully saturated rings. The molecule has 10 nitrogen and oxygen atoms in total. The molecule has 0 bridgehead atoms. The topological polar surface area (TPSA) is 117 Å². The smallest absolute Gasteiger partial charge is 0.277 e. The third kappa shape index (κ3) is 3.67. The van der Waals surface area contributed by atoms with Crippen LogP contribution in [-0.4, -0.2) is 65.5 Å².